The molecular weight excluding hydrogens is 242 g/mol. The largest absolute Gasteiger partial charge is 0.353 e. The summed E-state index contributed by atoms with van der Waals surface area (Å²) in [5.74, 6) is -0.347. The lowest BCUT2D eigenvalue weighted by Crippen LogP contribution is -2.44. The molecule has 102 valence electrons. The van der Waals surface area contributed by atoms with Crippen molar-refractivity contribution < 1.29 is 9.59 Å². The molecule has 2 rings (SSSR count). The summed E-state index contributed by atoms with van der Waals surface area (Å²) in [4.78, 5) is 28.1. The number of aromatic nitrogens is 1. The number of nitrogens with one attached hydrogen (secondary N) is 2. The Morgan fingerprint density at radius 3 is 2.63 bits per heavy atom. The van der Waals surface area contributed by atoms with Gasteiger partial charge in [-0.25, -0.2) is 0 Å². The Labute approximate surface area is 112 Å². The van der Waals surface area contributed by atoms with Gasteiger partial charge >= 0.3 is 0 Å². The first kappa shape index (κ1) is 13.5. The molecule has 0 radical (unpaired) electrons. The van der Waals surface area contributed by atoms with Crippen LogP contribution in [0.25, 0.3) is 0 Å². The van der Waals surface area contributed by atoms with Gasteiger partial charge in [0.1, 0.15) is 5.41 Å². The van der Waals surface area contributed by atoms with Crippen molar-refractivity contribution in [3.05, 3.63) is 30.1 Å². The van der Waals surface area contributed by atoms with Gasteiger partial charge in [-0.05, 0) is 38.3 Å². The molecule has 0 saturated heterocycles. The minimum atomic E-state index is -0.841. The molecular formula is C14H19N3O2. The second kappa shape index (κ2) is 5.38. The van der Waals surface area contributed by atoms with Gasteiger partial charge in [-0.1, -0.05) is 6.07 Å². The van der Waals surface area contributed by atoms with Crippen molar-refractivity contribution in [3.63, 3.8) is 0 Å². The topological polar surface area (TPSA) is 71.1 Å². The standard InChI is InChI=1S/C14H19N3O2/c1-10(2)17-13(19)14(5-6-14)12(18)16-9-11-4-3-7-15-8-11/h3-4,7-8,10H,5-6,9H2,1-2H3,(H,16,18)(H,17,19). The molecule has 1 fully saturated rings. The molecule has 0 aliphatic heterocycles. The predicted molar refractivity (Wildman–Crippen MR) is 71.0 cm³/mol. The number of carbonyl (C=O) groups excluding carboxylic acids is 2. The van der Waals surface area contributed by atoms with Gasteiger partial charge in [0.15, 0.2) is 0 Å². The van der Waals surface area contributed by atoms with Crippen LogP contribution in [-0.4, -0.2) is 22.8 Å². The van der Waals surface area contributed by atoms with Crippen LogP contribution >= 0.6 is 0 Å². The predicted octanol–water partition coefficient (Wildman–Crippen LogP) is 1.00. The monoisotopic (exact) mass is 261 g/mol. The number of carbonyl (C=O) groups is 2. The number of nitrogens with zero attached hydrogens (tertiary/aromatic N) is 1. The molecule has 5 heteroatoms. The van der Waals surface area contributed by atoms with E-state index < -0.39 is 5.41 Å². The zero-order valence-electron chi connectivity index (χ0n) is 11.3. The van der Waals surface area contributed by atoms with Crippen LogP contribution in [0.1, 0.15) is 32.3 Å². The summed E-state index contributed by atoms with van der Waals surface area (Å²) in [6.07, 6.45) is 4.65. The van der Waals surface area contributed by atoms with Crippen LogP contribution in [0, 0.1) is 5.41 Å². The number of rotatable bonds is 5. The molecule has 0 bridgehead atoms. The van der Waals surface area contributed by atoms with Crippen LogP contribution in [0.3, 0.4) is 0 Å². The van der Waals surface area contributed by atoms with Gasteiger partial charge in [-0.2, -0.15) is 0 Å². The highest BCUT2D eigenvalue weighted by atomic mass is 16.2. The van der Waals surface area contributed by atoms with E-state index in [1.807, 2.05) is 26.0 Å². The van der Waals surface area contributed by atoms with Gasteiger partial charge in [0.2, 0.25) is 11.8 Å². The zero-order chi connectivity index (χ0) is 13.9. The Hall–Kier alpha value is -1.91. The van der Waals surface area contributed by atoms with Crippen LogP contribution < -0.4 is 10.6 Å². The molecule has 1 aromatic heterocycles. The molecule has 2 N–H and O–H groups in total. The first-order chi connectivity index (χ1) is 9.04. The third kappa shape index (κ3) is 3.10. The fourth-order valence-corrected chi connectivity index (χ4v) is 1.94. The molecule has 2 amide bonds. The van der Waals surface area contributed by atoms with E-state index in [9.17, 15) is 9.59 Å². The molecule has 19 heavy (non-hydrogen) atoms. The Morgan fingerprint density at radius 2 is 2.11 bits per heavy atom. The highest BCUT2D eigenvalue weighted by molar-refractivity contribution is 6.07. The smallest absolute Gasteiger partial charge is 0.235 e. The van der Waals surface area contributed by atoms with Gasteiger partial charge < -0.3 is 10.6 Å². The lowest BCUT2D eigenvalue weighted by atomic mass is 10.0. The van der Waals surface area contributed by atoms with E-state index >= 15 is 0 Å². The average molecular weight is 261 g/mol. The van der Waals surface area contributed by atoms with Gasteiger partial charge in [-0.3, -0.25) is 14.6 Å². The first-order valence-electron chi connectivity index (χ1n) is 6.53. The molecule has 0 atom stereocenters. The van der Waals surface area contributed by atoms with Crippen molar-refractivity contribution in [2.45, 2.75) is 39.3 Å². The lowest BCUT2D eigenvalue weighted by Gasteiger charge is -2.17. The summed E-state index contributed by atoms with van der Waals surface area (Å²) < 4.78 is 0. The van der Waals surface area contributed by atoms with Gasteiger partial charge in [0.05, 0.1) is 0 Å². The molecule has 0 spiro atoms. The third-order valence-electron chi connectivity index (χ3n) is 3.21. The van der Waals surface area contributed by atoms with E-state index in [1.54, 1.807) is 12.4 Å². The molecule has 1 aromatic rings. The molecule has 1 heterocycles. The van der Waals surface area contributed by atoms with E-state index in [0.29, 0.717) is 19.4 Å². The normalized spacial score (nSPS) is 15.9. The maximum atomic E-state index is 12.1. The number of amides is 2. The summed E-state index contributed by atoms with van der Waals surface area (Å²) in [5, 5.41) is 5.63. The zero-order valence-corrected chi connectivity index (χ0v) is 11.3. The van der Waals surface area contributed by atoms with E-state index in [-0.39, 0.29) is 17.9 Å². The van der Waals surface area contributed by atoms with Crippen LogP contribution in [0.2, 0.25) is 0 Å². The van der Waals surface area contributed by atoms with Crippen LogP contribution in [0.5, 0.6) is 0 Å². The molecule has 0 aromatic carbocycles. The van der Waals surface area contributed by atoms with Gasteiger partial charge in [0, 0.05) is 25.0 Å². The van der Waals surface area contributed by atoms with Crippen molar-refractivity contribution in [1.82, 2.24) is 15.6 Å². The van der Waals surface area contributed by atoms with Crippen LogP contribution in [-0.2, 0) is 16.1 Å². The van der Waals surface area contributed by atoms with Crippen molar-refractivity contribution >= 4 is 11.8 Å². The summed E-state index contributed by atoms with van der Waals surface area (Å²) in [6.45, 7) is 4.19. The summed E-state index contributed by atoms with van der Waals surface area (Å²) in [7, 11) is 0. The van der Waals surface area contributed by atoms with Gasteiger partial charge in [0.25, 0.3) is 0 Å². The Morgan fingerprint density at radius 1 is 1.37 bits per heavy atom. The summed E-state index contributed by atoms with van der Waals surface area (Å²) in [5.41, 5.74) is 0.0860. The Balaban J connectivity index is 1.91. The molecule has 1 aliphatic carbocycles. The SMILES string of the molecule is CC(C)NC(=O)C1(C(=O)NCc2cccnc2)CC1. The second-order valence-corrected chi connectivity index (χ2v) is 5.25. The summed E-state index contributed by atoms with van der Waals surface area (Å²) >= 11 is 0. The van der Waals surface area contributed by atoms with Crippen molar-refractivity contribution in [2.24, 2.45) is 5.41 Å². The molecule has 0 unspecified atom stereocenters. The molecule has 1 aliphatic rings. The average Bonchev–Trinajstić information content (AvgIpc) is 3.18. The van der Waals surface area contributed by atoms with E-state index in [4.69, 9.17) is 0 Å². The second-order valence-electron chi connectivity index (χ2n) is 5.25. The number of hydrogen-bond acceptors (Lipinski definition) is 3. The Bertz CT molecular complexity index is 467. The first-order valence-corrected chi connectivity index (χ1v) is 6.53. The highest BCUT2D eigenvalue weighted by Gasteiger charge is 2.56. The summed E-state index contributed by atoms with van der Waals surface area (Å²) in [6, 6.07) is 3.76. The van der Waals surface area contributed by atoms with Crippen molar-refractivity contribution in [1.29, 1.82) is 0 Å². The van der Waals surface area contributed by atoms with Crippen LogP contribution in [0.4, 0.5) is 0 Å². The number of hydrogen-bond donors (Lipinski definition) is 2. The minimum Gasteiger partial charge on any atom is -0.353 e. The maximum absolute atomic E-state index is 12.1. The molecule has 1 saturated carbocycles. The van der Waals surface area contributed by atoms with E-state index in [0.717, 1.165) is 5.56 Å². The highest BCUT2D eigenvalue weighted by Crippen LogP contribution is 2.46. The number of pyridine rings is 1. The third-order valence-corrected chi connectivity index (χ3v) is 3.21. The van der Waals surface area contributed by atoms with Crippen LogP contribution in [0.15, 0.2) is 24.5 Å². The van der Waals surface area contributed by atoms with E-state index in [2.05, 4.69) is 15.6 Å². The lowest BCUT2D eigenvalue weighted by molar-refractivity contribution is -0.137. The quantitative estimate of drug-likeness (QED) is 0.777. The maximum Gasteiger partial charge on any atom is 0.235 e. The molecule has 5 nitrogen and oxygen atoms in total. The van der Waals surface area contributed by atoms with Crippen molar-refractivity contribution in [2.75, 3.05) is 0 Å². The van der Waals surface area contributed by atoms with Gasteiger partial charge in [-0.15, -0.1) is 0 Å². The Kier molecular flexibility index (Phi) is 3.83. The fourth-order valence-electron chi connectivity index (χ4n) is 1.94. The minimum absolute atomic E-state index is 0.0519. The van der Waals surface area contributed by atoms with E-state index in [1.165, 1.54) is 0 Å². The van der Waals surface area contributed by atoms with Crippen molar-refractivity contribution in [3.8, 4) is 0 Å². The fraction of sp³-hybridized carbons (Fsp3) is 0.500.